The minimum Gasteiger partial charge on any atom is -0.465 e. The molecule has 0 fully saturated rings. The van der Waals surface area contributed by atoms with E-state index in [2.05, 4.69) is 10.4 Å². The fraction of sp³-hybridized carbons (Fsp3) is 0.375. The number of carbonyl (C=O) groups excluding carboxylic acids is 3. The van der Waals surface area contributed by atoms with Gasteiger partial charge in [0.05, 0.1) is 31.6 Å². The van der Waals surface area contributed by atoms with Crippen LogP contribution in [0.25, 0.3) is 5.52 Å². The van der Waals surface area contributed by atoms with Crippen LogP contribution in [-0.4, -0.2) is 47.5 Å². The number of fused-ring (bicyclic) bond motifs is 1. The molecule has 2 heterocycles. The van der Waals surface area contributed by atoms with Gasteiger partial charge in [-0.2, -0.15) is 5.10 Å². The van der Waals surface area contributed by atoms with Gasteiger partial charge in [0, 0.05) is 0 Å². The largest absolute Gasteiger partial charge is 0.465 e. The third-order valence-corrected chi connectivity index (χ3v) is 3.94. The van der Waals surface area contributed by atoms with Crippen LogP contribution in [0.2, 0.25) is 0 Å². The fourth-order valence-electron chi connectivity index (χ4n) is 2.21. The molecule has 10 heteroatoms. The van der Waals surface area contributed by atoms with Gasteiger partial charge in [0.1, 0.15) is 20.4 Å². The monoisotopic (exact) mass is 475 g/mol. The molecule has 0 unspecified atom stereocenters. The maximum Gasteiger partial charge on any atom is 0.412 e. The quantitative estimate of drug-likeness (QED) is 0.315. The van der Waals surface area contributed by atoms with Crippen molar-refractivity contribution in [1.29, 1.82) is 0 Å². The molecule has 1 amide bonds. The van der Waals surface area contributed by atoms with Crippen molar-refractivity contribution in [3.63, 3.8) is 0 Å². The highest BCUT2D eigenvalue weighted by atomic mass is 127. The number of pyridine rings is 1. The van der Waals surface area contributed by atoms with Crippen molar-refractivity contribution in [2.75, 3.05) is 19.5 Å². The Labute approximate surface area is 163 Å². The number of hydrogen-bond donors (Lipinski definition) is 1. The molecule has 2 rings (SSSR count). The van der Waals surface area contributed by atoms with Gasteiger partial charge in [0.15, 0.2) is 0 Å². The smallest absolute Gasteiger partial charge is 0.412 e. The van der Waals surface area contributed by atoms with Gasteiger partial charge in [-0.25, -0.2) is 18.9 Å². The maximum absolute atomic E-state index is 12.4. The van der Waals surface area contributed by atoms with E-state index in [-0.39, 0.29) is 22.3 Å². The Bertz CT molecular complexity index is 884. The van der Waals surface area contributed by atoms with E-state index in [4.69, 9.17) is 14.2 Å². The molecule has 0 saturated carbocycles. The number of aromatic nitrogens is 2. The molecule has 0 radical (unpaired) electrons. The van der Waals surface area contributed by atoms with E-state index in [0.717, 1.165) is 0 Å². The zero-order valence-corrected chi connectivity index (χ0v) is 17.0. The summed E-state index contributed by atoms with van der Waals surface area (Å²) in [6.45, 7) is 5.15. The molecule has 2 aromatic heterocycles. The number of rotatable bonds is 3. The van der Waals surface area contributed by atoms with Crippen molar-refractivity contribution in [1.82, 2.24) is 9.61 Å². The first-order valence-corrected chi connectivity index (χ1v) is 8.53. The van der Waals surface area contributed by atoms with Crippen LogP contribution >= 0.6 is 22.6 Å². The number of methoxy groups -OCH3 is 2. The van der Waals surface area contributed by atoms with Gasteiger partial charge in [-0.15, -0.1) is 0 Å². The number of ether oxygens (including phenoxy) is 3. The average Bonchev–Trinajstić information content (AvgIpc) is 2.97. The number of hydrogen-bond acceptors (Lipinski definition) is 7. The third kappa shape index (κ3) is 4.06. The molecular formula is C16H18IN3O6. The van der Waals surface area contributed by atoms with Crippen LogP contribution in [-0.2, 0) is 14.2 Å². The molecule has 26 heavy (non-hydrogen) atoms. The van der Waals surface area contributed by atoms with E-state index >= 15 is 0 Å². The Balaban J connectivity index is 2.68. The van der Waals surface area contributed by atoms with Crippen molar-refractivity contribution in [3.8, 4) is 0 Å². The number of nitrogens with one attached hydrogen (secondary N) is 1. The van der Waals surface area contributed by atoms with Crippen molar-refractivity contribution < 1.29 is 28.6 Å². The lowest BCUT2D eigenvalue weighted by Crippen LogP contribution is -2.28. The highest BCUT2D eigenvalue weighted by molar-refractivity contribution is 14.1. The summed E-state index contributed by atoms with van der Waals surface area (Å²) in [7, 11) is 2.42. The highest BCUT2D eigenvalue weighted by Crippen LogP contribution is 2.29. The summed E-state index contributed by atoms with van der Waals surface area (Å²) >= 11 is 1.96. The summed E-state index contributed by atoms with van der Waals surface area (Å²) in [4.78, 5) is 36.6. The first-order chi connectivity index (χ1) is 12.1. The van der Waals surface area contributed by atoms with Gasteiger partial charge in [-0.3, -0.25) is 5.32 Å². The van der Waals surface area contributed by atoms with Gasteiger partial charge in [0.25, 0.3) is 0 Å². The molecule has 2 aromatic rings. The van der Waals surface area contributed by atoms with Crippen LogP contribution < -0.4 is 5.32 Å². The van der Waals surface area contributed by atoms with E-state index in [1.165, 1.54) is 31.0 Å². The first-order valence-electron chi connectivity index (χ1n) is 7.46. The Morgan fingerprint density at radius 1 is 1.15 bits per heavy atom. The average molecular weight is 475 g/mol. The van der Waals surface area contributed by atoms with Gasteiger partial charge in [0.2, 0.25) is 0 Å². The molecule has 1 N–H and O–H groups in total. The van der Waals surface area contributed by atoms with Gasteiger partial charge in [-0.1, -0.05) is 0 Å². The van der Waals surface area contributed by atoms with Crippen LogP contribution in [0.1, 0.15) is 41.5 Å². The zero-order valence-electron chi connectivity index (χ0n) is 14.9. The van der Waals surface area contributed by atoms with E-state index in [0.29, 0.717) is 3.70 Å². The normalized spacial score (nSPS) is 11.2. The minimum atomic E-state index is -0.748. The Morgan fingerprint density at radius 2 is 1.77 bits per heavy atom. The molecule has 0 bridgehead atoms. The molecule has 0 aliphatic heterocycles. The molecule has 0 aliphatic carbocycles. The standard InChI is InChI=1S/C16H18IN3O6/c1-16(2,3)26-15(23)19-9-6-10(17)20-12(11(9)14(22)25-5)8(7-18-20)13(21)24-4/h6-7H,1-5H3,(H,19,23). The summed E-state index contributed by atoms with van der Waals surface area (Å²) in [5.41, 5.74) is -0.383. The van der Waals surface area contributed by atoms with Crippen LogP contribution in [0, 0.1) is 3.70 Å². The summed E-state index contributed by atoms with van der Waals surface area (Å²) in [6, 6.07) is 1.53. The lowest BCUT2D eigenvalue weighted by molar-refractivity contribution is 0.0599. The van der Waals surface area contributed by atoms with Gasteiger partial charge >= 0.3 is 18.0 Å². The summed E-state index contributed by atoms with van der Waals surface area (Å²) in [5.74, 6) is -1.42. The first kappa shape index (κ1) is 19.9. The second-order valence-electron chi connectivity index (χ2n) is 6.18. The Kier molecular flexibility index (Phi) is 5.74. The van der Waals surface area contributed by atoms with E-state index in [9.17, 15) is 14.4 Å². The third-order valence-electron chi connectivity index (χ3n) is 3.17. The highest BCUT2D eigenvalue weighted by Gasteiger charge is 2.27. The van der Waals surface area contributed by atoms with Crippen molar-refractivity contribution in [2.24, 2.45) is 0 Å². The number of carbonyl (C=O) groups is 3. The predicted molar refractivity (Wildman–Crippen MR) is 100 cm³/mol. The number of amides is 1. The van der Waals surface area contributed by atoms with Crippen molar-refractivity contribution >= 4 is 51.8 Å². The summed E-state index contributed by atoms with van der Waals surface area (Å²) in [6.07, 6.45) is 0.537. The summed E-state index contributed by atoms with van der Waals surface area (Å²) < 4.78 is 16.7. The number of nitrogens with zero attached hydrogens (tertiary/aromatic N) is 2. The molecular weight excluding hydrogens is 457 g/mol. The van der Waals surface area contributed by atoms with Gasteiger partial charge < -0.3 is 14.2 Å². The predicted octanol–water partition coefficient (Wildman–Crippen LogP) is 2.86. The fourth-order valence-corrected chi connectivity index (χ4v) is 2.89. The maximum atomic E-state index is 12.4. The van der Waals surface area contributed by atoms with Crippen molar-refractivity contribution in [3.05, 3.63) is 27.1 Å². The second-order valence-corrected chi connectivity index (χ2v) is 7.29. The van der Waals surface area contributed by atoms with E-state index < -0.39 is 23.6 Å². The molecule has 0 spiro atoms. The van der Waals surface area contributed by atoms with Crippen molar-refractivity contribution in [2.45, 2.75) is 26.4 Å². The molecule has 140 valence electrons. The Morgan fingerprint density at radius 3 is 2.31 bits per heavy atom. The van der Waals surface area contributed by atoms with E-state index in [1.54, 1.807) is 20.8 Å². The minimum absolute atomic E-state index is 0.0309. The number of anilines is 1. The molecule has 0 aromatic carbocycles. The number of halogens is 1. The topological polar surface area (TPSA) is 108 Å². The molecule has 0 atom stereocenters. The molecule has 0 aliphatic rings. The molecule has 0 saturated heterocycles. The Hall–Kier alpha value is -2.37. The van der Waals surface area contributed by atoms with Gasteiger partial charge in [-0.05, 0) is 49.4 Å². The van der Waals surface area contributed by atoms with E-state index in [1.807, 2.05) is 22.6 Å². The second kappa shape index (κ2) is 7.48. The summed E-state index contributed by atoms with van der Waals surface area (Å²) in [5, 5.41) is 6.63. The molecule has 9 nitrogen and oxygen atoms in total. The van der Waals surface area contributed by atoms with Crippen LogP contribution in [0.4, 0.5) is 10.5 Å². The van der Waals surface area contributed by atoms with Crippen LogP contribution in [0.3, 0.4) is 0 Å². The zero-order chi connectivity index (χ0) is 19.6. The number of esters is 2. The van der Waals surface area contributed by atoms with Crippen LogP contribution in [0.5, 0.6) is 0 Å². The lowest BCUT2D eigenvalue weighted by Gasteiger charge is -2.20. The van der Waals surface area contributed by atoms with Crippen LogP contribution in [0.15, 0.2) is 12.3 Å². The lowest BCUT2D eigenvalue weighted by atomic mass is 10.1. The SMILES string of the molecule is COC(=O)c1cnn2c(I)cc(NC(=O)OC(C)(C)C)c(C(=O)OC)c12.